The van der Waals surface area contributed by atoms with E-state index >= 15 is 0 Å². The van der Waals surface area contributed by atoms with Crippen LogP contribution in [0.1, 0.15) is 57.4 Å². The van der Waals surface area contributed by atoms with Gasteiger partial charge in [0, 0.05) is 29.0 Å². The second-order valence-corrected chi connectivity index (χ2v) is 10.6. The molecule has 1 saturated carbocycles. The van der Waals surface area contributed by atoms with E-state index in [1.165, 1.54) is 31.2 Å². The number of carbonyl (C=O) groups excluding carboxylic acids is 2. The zero-order chi connectivity index (χ0) is 23.1. The van der Waals surface area contributed by atoms with Gasteiger partial charge in [0.15, 0.2) is 0 Å². The van der Waals surface area contributed by atoms with Gasteiger partial charge in [-0.15, -0.1) is 11.8 Å². The molecule has 1 saturated heterocycles. The number of nitro benzene ring substituents is 1. The van der Waals surface area contributed by atoms with E-state index in [0.717, 1.165) is 24.3 Å². The normalized spacial score (nSPS) is 22.0. The van der Waals surface area contributed by atoms with Crippen LogP contribution in [0.15, 0.2) is 24.3 Å². The molecule has 1 aliphatic heterocycles. The fraction of sp³-hybridized carbons (Fsp3) is 0.636. The highest BCUT2D eigenvalue weighted by Gasteiger charge is 2.32. The highest BCUT2D eigenvalue weighted by Crippen LogP contribution is 2.39. The summed E-state index contributed by atoms with van der Waals surface area (Å²) in [5.41, 5.74) is 1.11. The molecule has 0 aromatic heterocycles. The molecular formula is C22H32N4O4S2. The van der Waals surface area contributed by atoms with Crippen LogP contribution in [0.4, 0.5) is 5.69 Å². The summed E-state index contributed by atoms with van der Waals surface area (Å²) in [6, 6.07) is 5.84. The van der Waals surface area contributed by atoms with Gasteiger partial charge in [-0.3, -0.25) is 29.7 Å². The molecule has 1 heterocycles. The van der Waals surface area contributed by atoms with Gasteiger partial charge in [0.1, 0.15) is 6.04 Å². The standard InChI is InChI=1S/C22H32N4O4S2/c1-14(16-8-10-18(11-9-16)26(29)30)20(17-6-4-3-5-7-17)32-25-21(27)15(2)24-22(28)19-12-31-13-23-19/h8-11,14-15,17,19-20,23H,3-7,12-13H2,1-2H3,(H,24,28)(H,25,27)/t14-,15-,19+,20?/m1/s1. The summed E-state index contributed by atoms with van der Waals surface area (Å²) in [5.74, 6) is 1.68. The molecule has 2 aliphatic rings. The summed E-state index contributed by atoms with van der Waals surface area (Å²) in [6.07, 6.45) is 5.83. The Labute approximate surface area is 197 Å². The molecule has 1 aromatic rings. The smallest absolute Gasteiger partial charge is 0.269 e. The van der Waals surface area contributed by atoms with Crippen LogP contribution >= 0.6 is 23.7 Å². The number of benzene rings is 1. The minimum absolute atomic E-state index is 0.0795. The van der Waals surface area contributed by atoms with Gasteiger partial charge in [-0.1, -0.05) is 38.3 Å². The molecule has 2 amide bonds. The lowest BCUT2D eigenvalue weighted by atomic mass is 9.81. The van der Waals surface area contributed by atoms with E-state index < -0.39 is 11.0 Å². The lowest BCUT2D eigenvalue weighted by molar-refractivity contribution is -0.384. The number of thioether (sulfide) groups is 1. The van der Waals surface area contributed by atoms with Crippen molar-refractivity contribution in [2.24, 2.45) is 5.92 Å². The van der Waals surface area contributed by atoms with E-state index in [1.54, 1.807) is 30.8 Å². The van der Waals surface area contributed by atoms with Crippen molar-refractivity contribution in [3.05, 3.63) is 39.9 Å². The lowest BCUT2D eigenvalue weighted by Crippen LogP contribution is -2.50. The summed E-state index contributed by atoms with van der Waals surface area (Å²) >= 11 is 3.10. The highest BCUT2D eigenvalue weighted by molar-refractivity contribution is 7.99. The van der Waals surface area contributed by atoms with Crippen LogP contribution in [0.5, 0.6) is 0 Å². The van der Waals surface area contributed by atoms with E-state index in [0.29, 0.717) is 11.7 Å². The maximum atomic E-state index is 12.7. The molecule has 176 valence electrons. The van der Waals surface area contributed by atoms with Gasteiger partial charge < -0.3 is 5.32 Å². The monoisotopic (exact) mass is 480 g/mol. The largest absolute Gasteiger partial charge is 0.343 e. The zero-order valence-electron chi connectivity index (χ0n) is 18.5. The maximum absolute atomic E-state index is 12.7. The topological polar surface area (TPSA) is 113 Å². The number of nitrogens with one attached hydrogen (secondary N) is 3. The van der Waals surface area contributed by atoms with Crippen LogP contribution < -0.4 is 15.4 Å². The minimum atomic E-state index is -0.621. The van der Waals surface area contributed by atoms with Gasteiger partial charge in [0.05, 0.1) is 11.0 Å². The average molecular weight is 481 g/mol. The third-order valence-electron chi connectivity index (χ3n) is 6.32. The quantitative estimate of drug-likeness (QED) is 0.281. The van der Waals surface area contributed by atoms with E-state index in [-0.39, 0.29) is 34.7 Å². The number of hydrogen-bond acceptors (Lipinski definition) is 7. The predicted octanol–water partition coefficient (Wildman–Crippen LogP) is 3.58. The summed E-state index contributed by atoms with van der Waals surface area (Å²) in [7, 11) is 0. The van der Waals surface area contributed by atoms with Gasteiger partial charge in [-0.05, 0) is 49.1 Å². The molecule has 0 bridgehead atoms. The molecule has 10 heteroatoms. The summed E-state index contributed by atoms with van der Waals surface area (Å²) in [6.45, 7) is 3.82. The van der Waals surface area contributed by atoms with Gasteiger partial charge >= 0.3 is 0 Å². The van der Waals surface area contributed by atoms with Gasteiger partial charge in [0.2, 0.25) is 5.91 Å². The second-order valence-electron chi connectivity index (χ2n) is 8.59. The maximum Gasteiger partial charge on any atom is 0.269 e. The first-order valence-electron chi connectivity index (χ1n) is 11.2. The van der Waals surface area contributed by atoms with Crippen molar-refractivity contribution in [2.75, 3.05) is 11.6 Å². The number of nitrogens with zero attached hydrogens (tertiary/aromatic N) is 1. The van der Waals surface area contributed by atoms with Crippen LogP contribution in [0.25, 0.3) is 0 Å². The van der Waals surface area contributed by atoms with Crippen molar-refractivity contribution in [1.82, 2.24) is 15.4 Å². The Morgan fingerprint density at radius 3 is 2.47 bits per heavy atom. The summed E-state index contributed by atoms with van der Waals surface area (Å²) in [4.78, 5) is 35.6. The van der Waals surface area contributed by atoms with E-state index in [9.17, 15) is 19.7 Å². The first-order chi connectivity index (χ1) is 15.4. The van der Waals surface area contributed by atoms with Gasteiger partial charge in [-0.25, -0.2) is 0 Å². The number of carbonyl (C=O) groups is 2. The molecule has 1 aliphatic carbocycles. The number of nitro groups is 1. The first-order valence-corrected chi connectivity index (χ1v) is 13.2. The Bertz CT molecular complexity index is 796. The second kappa shape index (κ2) is 11.9. The Kier molecular flexibility index (Phi) is 9.24. The molecule has 3 N–H and O–H groups in total. The first kappa shape index (κ1) is 24.9. The molecule has 1 aromatic carbocycles. The molecule has 4 atom stereocenters. The predicted molar refractivity (Wildman–Crippen MR) is 129 cm³/mol. The van der Waals surface area contributed by atoms with Crippen molar-refractivity contribution in [1.29, 1.82) is 0 Å². The molecular weight excluding hydrogens is 448 g/mol. The fourth-order valence-corrected chi connectivity index (χ4v) is 6.51. The highest BCUT2D eigenvalue weighted by atomic mass is 32.2. The van der Waals surface area contributed by atoms with Crippen LogP contribution in [-0.4, -0.2) is 45.7 Å². The van der Waals surface area contributed by atoms with Crippen molar-refractivity contribution in [2.45, 2.75) is 69.2 Å². The average Bonchev–Trinajstić information content (AvgIpc) is 3.35. The lowest BCUT2D eigenvalue weighted by Gasteiger charge is -2.34. The molecule has 0 spiro atoms. The summed E-state index contributed by atoms with van der Waals surface area (Å²) in [5, 5.41) is 17.0. The third kappa shape index (κ3) is 6.62. The van der Waals surface area contributed by atoms with Crippen LogP contribution in [0.3, 0.4) is 0 Å². The molecule has 2 fully saturated rings. The van der Waals surface area contributed by atoms with Crippen molar-refractivity contribution < 1.29 is 14.5 Å². The van der Waals surface area contributed by atoms with E-state index in [2.05, 4.69) is 22.3 Å². The number of non-ortho nitro benzene ring substituents is 1. The van der Waals surface area contributed by atoms with Gasteiger partial charge in [-0.2, -0.15) is 0 Å². The Morgan fingerprint density at radius 1 is 1.19 bits per heavy atom. The minimum Gasteiger partial charge on any atom is -0.343 e. The van der Waals surface area contributed by atoms with E-state index in [1.807, 2.05) is 12.1 Å². The molecule has 1 unspecified atom stereocenters. The Hall–Kier alpha value is -1.78. The molecule has 8 nitrogen and oxygen atoms in total. The fourth-order valence-electron chi connectivity index (χ4n) is 4.32. The van der Waals surface area contributed by atoms with Crippen LogP contribution in [0, 0.1) is 16.0 Å². The van der Waals surface area contributed by atoms with Crippen molar-refractivity contribution >= 4 is 41.2 Å². The Balaban J connectivity index is 1.62. The third-order valence-corrected chi connectivity index (χ3v) is 8.64. The zero-order valence-corrected chi connectivity index (χ0v) is 20.2. The number of hydrogen-bond donors (Lipinski definition) is 3. The van der Waals surface area contributed by atoms with Crippen LogP contribution in [-0.2, 0) is 9.59 Å². The van der Waals surface area contributed by atoms with Crippen LogP contribution in [0.2, 0.25) is 0 Å². The number of amides is 2. The number of rotatable bonds is 9. The SMILES string of the molecule is C[C@H](c1ccc([N+](=O)[O-])cc1)C(SNC(=O)[C@@H](C)NC(=O)[C@@H]1CSCN1)C1CCCCC1. The summed E-state index contributed by atoms with van der Waals surface area (Å²) < 4.78 is 2.99. The van der Waals surface area contributed by atoms with Crippen molar-refractivity contribution in [3.63, 3.8) is 0 Å². The molecule has 32 heavy (non-hydrogen) atoms. The van der Waals surface area contributed by atoms with E-state index in [4.69, 9.17) is 0 Å². The molecule has 0 radical (unpaired) electrons. The van der Waals surface area contributed by atoms with Crippen molar-refractivity contribution in [3.8, 4) is 0 Å². The van der Waals surface area contributed by atoms with Gasteiger partial charge in [0.25, 0.3) is 11.6 Å². The Morgan fingerprint density at radius 2 is 1.88 bits per heavy atom. The molecule has 3 rings (SSSR count).